The van der Waals surface area contributed by atoms with Gasteiger partial charge in [0, 0.05) is 11.1 Å². The van der Waals surface area contributed by atoms with Crippen LogP contribution in [0.5, 0.6) is 0 Å². The standard InChI is InChI=1S/C15H10F4O2/c16-12-7-6-10(8-11(12)15(17,18)19)14-20-13(21-14)9-4-2-1-3-5-9/h1-8,13-14H. The Bertz CT molecular complexity index is 634. The average molecular weight is 298 g/mol. The van der Waals surface area contributed by atoms with Crippen molar-refractivity contribution in [2.24, 2.45) is 0 Å². The molecule has 110 valence electrons. The van der Waals surface area contributed by atoms with Crippen LogP contribution in [0.15, 0.2) is 48.5 Å². The zero-order valence-corrected chi connectivity index (χ0v) is 10.6. The minimum Gasteiger partial charge on any atom is -0.315 e. The van der Waals surface area contributed by atoms with E-state index in [4.69, 9.17) is 9.47 Å². The van der Waals surface area contributed by atoms with E-state index in [2.05, 4.69) is 0 Å². The van der Waals surface area contributed by atoms with Gasteiger partial charge in [-0.05, 0) is 12.1 Å². The summed E-state index contributed by atoms with van der Waals surface area (Å²) in [5, 5.41) is 0. The molecule has 2 aromatic rings. The van der Waals surface area contributed by atoms with Crippen molar-refractivity contribution in [2.75, 3.05) is 0 Å². The number of hydrogen-bond donors (Lipinski definition) is 0. The molecule has 0 amide bonds. The van der Waals surface area contributed by atoms with Crippen LogP contribution in [0.25, 0.3) is 0 Å². The zero-order chi connectivity index (χ0) is 15.0. The van der Waals surface area contributed by atoms with Crippen LogP contribution in [0.4, 0.5) is 17.6 Å². The highest BCUT2D eigenvalue weighted by Gasteiger charge is 2.38. The molecular weight excluding hydrogens is 288 g/mol. The van der Waals surface area contributed by atoms with Crippen LogP contribution >= 0.6 is 0 Å². The molecule has 0 bridgehead atoms. The van der Waals surface area contributed by atoms with E-state index < -0.39 is 30.1 Å². The third kappa shape index (κ3) is 2.77. The van der Waals surface area contributed by atoms with E-state index in [9.17, 15) is 17.6 Å². The lowest BCUT2D eigenvalue weighted by Crippen LogP contribution is -2.27. The summed E-state index contributed by atoms with van der Waals surface area (Å²) in [6.07, 6.45) is -6.28. The SMILES string of the molecule is Fc1ccc(C2OC(c3ccccc3)O2)cc1C(F)(F)F. The minimum atomic E-state index is -4.75. The van der Waals surface area contributed by atoms with Crippen LogP contribution in [0.1, 0.15) is 29.3 Å². The van der Waals surface area contributed by atoms with Crippen molar-refractivity contribution >= 4 is 0 Å². The highest BCUT2D eigenvalue weighted by molar-refractivity contribution is 5.29. The second-order valence-electron chi connectivity index (χ2n) is 4.58. The lowest BCUT2D eigenvalue weighted by atomic mass is 10.1. The first-order chi connectivity index (χ1) is 9.95. The Labute approximate surface area is 117 Å². The number of ether oxygens (including phenoxy) is 2. The Hall–Kier alpha value is -1.92. The molecule has 21 heavy (non-hydrogen) atoms. The molecule has 6 heteroatoms. The number of benzene rings is 2. The highest BCUT2D eigenvalue weighted by atomic mass is 19.4. The fourth-order valence-corrected chi connectivity index (χ4v) is 2.07. The fraction of sp³-hybridized carbons (Fsp3) is 0.200. The van der Waals surface area contributed by atoms with Gasteiger partial charge in [-0.2, -0.15) is 13.2 Å². The number of rotatable bonds is 2. The molecule has 0 radical (unpaired) electrons. The molecule has 1 heterocycles. The first-order valence-corrected chi connectivity index (χ1v) is 6.17. The van der Waals surface area contributed by atoms with Gasteiger partial charge in [0.2, 0.25) is 0 Å². The molecule has 0 N–H and O–H groups in total. The van der Waals surface area contributed by atoms with Gasteiger partial charge in [0.05, 0.1) is 5.56 Å². The molecule has 0 aromatic heterocycles. The summed E-state index contributed by atoms with van der Waals surface area (Å²) < 4.78 is 61.9. The van der Waals surface area contributed by atoms with Crippen molar-refractivity contribution < 1.29 is 27.0 Å². The summed E-state index contributed by atoms with van der Waals surface area (Å²) in [7, 11) is 0. The van der Waals surface area contributed by atoms with Crippen LogP contribution in [0.3, 0.4) is 0 Å². The Balaban J connectivity index is 1.76. The van der Waals surface area contributed by atoms with Gasteiger partial charge in [0.25, 0.3) is 0 Å². The summed E-state index contributed by atoms with van der Waals surface area (Å²) >= 11 is 0. The molecule has 2 aromatic carbocycles. The summed E-state index contributed by atoms with van der Waals surface area (Å²) in [4.78, 5) is 0. The molecule has 1 aliphatic heterocycles. The zero-order valence-electron chi connectivity index (χ0n) is 10.6. The van der Waals surface area contributed by atoms with Gasteiger partial charge in [-0.25, -0.2) is 4.39 Å². The molecular formula is C15H10F4O2. The Morgan fingerprint density at radius 1 is 0.810 bits per heavy atom. The molecule has 3 rings (SSSR count). The summed E-state index contributed by atoms with van der Waals surface area (Å²) in [5.41, 5.74) is -0.418. The summed E-state index contributed by atoms with van der Waals surface area (Å²) in [5.74, 6) is -1.31. The molecule has 1 saturated heterocycles. The van der Waals surface area contributed by atoms with Crippen molar-refractivity contribution in [1.82, 2.24) is 0 Å². The Morgan fingerprint density at radius 3 is 2.05 bits per heavy atom. The maximum atomic E-state index is 13.2. The molecule has 1 fully saturated rings. The number of alkyl halides is 3. The minimum absolute atomic E-state index is 0.135. The van der Waals surface area contributed by atoms with Crippen LogP contribution in [-0.2, 0) is 15.7 Å². The lowest BCUT2D eigenvalue weighted by molar-refractivity contribution is -0.397. The predicted octanol–water partition coefficient (Wildman–Crippen LogP) is 4.59. The molecule has 0 unspecified atom stereocenters. The van der Waals surface area contributed by atoms with Crippen LogP contribution in [0.2, 0.25) is 0 Å². The van der Waals surface area contributed by atoms with E-state index in [-0.39, 0.29) is 5.56 Å². The van der Waals surface area contributed by atoms with Crippen LogP contribution < -0.4 is 0 Å². The maximum absolute atomic E-state index is 13.2. The maximum Gasteiger partial charge on any atom is 0.419 e. The van der Waals surface area contributed by atoms with E-state index in [1.165, 1.54) is 6.07 Å². The van der Waals surface area contributed by atoms with Crippen molar-refractivity contribution in [3.63, 3.8) is 0 Å². The monoisotopic (exact) mass is 298 g/mol. The van der Waals surface area contributed by atoms with E-state index in [0.29, 0.717) is 6.07 Å². The number of halogens is 4. The van der Waals surface area contributed by atoms with E-state index in [1.54, 1.807) is 24.3 Å². The first kappa shape index (κ1) is 14.0. The molecule has 1 aliphatic rings. The van der Waals surface area contributed by atoms with Crippen molar-refractivity contribution in [3.05, 3.63) is 71.0 Å². The van der Waals surface area contributed by atoms with Crippen LogP contribution in [0, 0.1) is 5.82 Å². The summed E-state index contributed by atoms with van der Waals surface area (Å²) in [6, 6.07) is 11.7. The second-order valence-corrected chi connectivity index (χ2v) is 4.58. The van der Waals surface area contributed by atoms with Crippen molar-refractivity contribution in [1.29, 1.82) is 0 Å². The molecule has 0 saturated carbocycles. The third-order valence-electron chi connectivity index (χ3n) is 3.13. The number of hydrogen-bond acceptors (Lipinski definition) is 2. The fourth-order valence-electron chi connectivity index (χ4n) is 2.07. The van der Waals surface area contributed by atoms with Gasteiger partial charge >= 0.3 is 6.18 Å². The molecule has 0 aliphatic carbocycles. The van der Waals surface area contributed by atoms with Gasteiger partial charge in [0.15, 0.2) is 12.6 Å². The smallest absolute Gasteiger partial charge is 0.315 e. The van der Waals surface area contributed by atoms with Gasteiger partial charge < -0.3 is 9.47 Å². The largest absolute Gasteiger partial charge is 0.419 e. The first-order valence-electron chi connectivity index (χ1n) is 6.17. The third-order valence-corrected chi connectivity index (χ3v) is 3.13. The van der Waals surface area contributed by atoms with Gasteiger partial charge in [-0.15, -0.1) is 0 Å². The second kappa shape index (κ2) is 5.13. The van der Waals surface area contributed by atoms with Gasteiger partial charge in [-0.3, -0.25) is 0 Å². The quantitative estimate of drug-likeness (QED) is 0.755. The van der Waals surface area contributed by atoms with Crippen LogP contribution in [-0.4, -0.2) is 0 Å². The van der Waals surface area contributed by atoms with E-state index in [0.717, 1.165) is 11.6 Å². The van der Waals surface area contributed by atoms with Crippen molar-refractivity contribution in [3.8, 4) is 0 Å². The van der Waals surface area contributed by atoms with Gasteiger partial charge in [-0.1, -0.05) is 36.4 Å². The highest BCUT2D eigenvalue weighted by Crippen LogP contribution is 2.42. The Kier molecular flexibility index (Phi) is 3.43. The molecule has 2 nitrogen and oxygen atoms in total. The molecule has 0 spiro atoms. The van der Waals surface area contributed by atoms with E-state index in [1.807, 2.05) is 6.07 Å². The van der Waals surface area contributed by atoms with Gasteiger partial charge in [0.1, 0.15) is 5.82 Å². The van der Waals surface area contributed by atoms with Crippen molar-refractivity contribution in [2.45, 2.75) is 18.8 Å². The topological polar surface area (TPSA) is 18.5 Å². The summed E-state index contributed by atoms with van der Waals surface area (Å²) in [6.45, 7) is 0. The normalized spacial score (nSPS) is 21.9. The molecule has 0 atom stereocenters. The Morgan fingerprint density at radius 2 is 1.43 bits per heavy atom. The average Bonchev–Trinajstić information content (AvgIpc) is 2.39. The predicted molar refractivity (Wildman–Crippen MR) is 65.5 cm³/mol. The lowest BCUT2D eigenvalue weighted by Gasteiger charge is -2.36. The van der Waals surface area contributed by atoms with E-state index >= 15 is 0 Å².